The summed E-state index contributed by atoms with van der Waals surface area (Å²) in [6, 6.07) is 3.39. The third-order valence-electron chi connectivity index (χ3n) is 5.37. The van der Waals surface area contributed by atoms with E-state index in [-0.39, 0.29) is 17.6 Å². The molecule has 0 saturated heterocycles. The van der Waals surface area contributed by atoms with Crippen LogP contribution in [0.1, 0.15) is 24.8 Å². The summed E-state index contributed by atoms with van der Waals surface area (Å²) in [5, 5.41) is 0. The Morgan fingerprint density at radius 2 is 2.00 bits per heavy atom. The molecule has 1 unspecified atom stereocenters. The van der Waals surface area contributed by atoms with Gasteiger partial charge in [-0.3, -0.25) is 14.5 Å². The average molecular weight is 306 g/mol. The van der Waals surface area contributed by atoms with Crippen LogP contribution in [0.5, 0.6) is 0 Å². The van der Waals surface area contributed by atoms with E-state index in [9.17, 15) is 13.2 Å². The number of rotatable bonds is 4. The molecule has 0 aliphatic heterocycles. The molecule has 0 spiro atoms. The van der Waals surface area contributed by atoms with Gasteiger partial charge in [0, 0.05) is 18.3 Å². The van der Waals surface area contributed by atoms with Crippen LogP contribution < -0.4 is 4.72 Å². The highest BCUT2D eigenvalue weighted by Crippen LogP contribution is 2.69. The number of aromatic nitrogens is 1. The second-order valence-corrected chi connectivity index (χ2v) is 8.32. The van der Waals surface area contributed by atoms with Crippen molar-refractivity contribution in [2.45, 2.75) is 25.0 Å². The third kappa shape index (κ3) is 2.25. The van der Waals surface area contributed by atoms with Crippen molar-refractivity contribution in [2.75, 3.05) is 0 Å². The third-order valence-corrected chi connectivity index (χ3v) is 6.60. The van der Waals surface area contributed by atoms with Gasteiger partial charge in [-0.25, -0.2) is 8.42 Å². The fourth-order valence-electron chi connectivity index (χ4n) is 4.64. The van der Waals surface area contributed by atoms with Crippen LogP contribution in [0.25, 0.3) is 0 Å². The Morgan fingerprint density at radius 1 is 1.29 bits per heavy atom. The standard InChI is InChI=1S/C15H18N2O3S/c18-15(14-12-10-3-4-11(6-10)13(12)14)17-21(19,20)8-9-2-1-5-16-7-9/h1-2,5,7,10-14H,3-4,6,8H2,(H,17,18)/t10-,11+,12+,13-,14?. The molecule has 2 bridgehead atoms. The van der Waals surface area contributed by atoms with Gasteiger partial charge in [0.2, 0.25) is 15.9 Å². The maximum atomic E-state index is 12.2. The van der Waals surface area contributed by atoms with Gasteiger partial charge in [-0.1, -0.05) is 6.07 Å². The van der Waals surface area contributed by atoms with Gasteiger partial charge < -0.3 is 0 Å². The molecule has 112 valence electrons. The Kier molecular flexibility index (Phi) is 2.86. The Bertz CT molecular complexity index is 657. The van der Waals surface area contributed by atoms with Crippen LogP contribution in [0.15, 0.2) is 24.5 Å². The quantitative estimate of drug-likeness (QED) is 0.910. The number of hydrogen-bond donors (Lipinski definition) is 1. The van der Waals surface area contributed by atoms with Gasteiger partial charge >= 0.3 is 0 Å². The molecule has 3 fully saturated rings. The summed E-state index contributed by atoms with van der Waals surface area (Å²) in [4.78, 5) is 16.1. The maximum Gasteiger partial charge on any atom is 0.239 e. The zero-order valence-corrected chi connectivity index (χ0v) is 12.4. The number of carbonyl (C=O) groups is 1. The molecule has 6 heteroatoms. The van der Waals surface area contributed by atoms with Crippen molar-refractivity contribution in [3.05, 3.63) is 30.1 Å². The first-order valence-electron chi connectivity index (χ1n) is 7.48. The molecular formula is C15H18N2O3S. The van der Waals surface area contributed by atoms with E-state index in [1.807, 2.05) is 0 Å². The summed E-state index contributed by atoms with van der Waals surface area (Å²) in [5.74, 6) is 1.70. The second-order valence-electron chi connectivity index (χ2n) is 6.60. The summed E-state index contributed by atoms with van der Waals surface area (Å²) in [5.41, 5.74) is 0.592. The Morgan fingerprint density at radius 3 is 2.62 bits per heavy atom. The van der Waals surface area contributed by atoms with Crippen molar-refractivity contribution in [2.24, 2.45) is 29.6 Å². The number of fused-ring (bicyclic) bond motifs is 5. The lowest BCUT2D eigenvalue weighted by molar-refractivity contribution is -0.121. The zero-order chi connectivity index (χ0) is 14.6. The van der Waals surface area contributed by atoms with Crippen LogP contribution in [-0.4, -0.2) is 19.3 Å². The summed E-state index contributed by atoms with van der Waals surface area (Å²) >= 11 is 0. The maximum absolute atomic E-state index is 12.2. The van der Waals surface area contributed by atoms with Gasteiger partial charge in [0.25, 0.3) is 0 Å². The van der Waals surface area contributed by atoms with Crippen molar-refractivity contribution < 1.29 is 13.2 Å². The number of nitrogens with zero attached hydrogens (tertiary/aromatic N) is 1. The van der Waals surface area contributed by atoms with Gasteiger partial charge in [-0.05, 0) is 54.6 Å². The van der Waals surface area contributed by atoms with Crippen molar-refractivity contribution in [1.29, 1.82) is 0 Å². The molecule has 4 rings (SSSR count). The molecule has 5 nitrogen and oxygen atoms in total. The monoisotopic (exact) mass is 306 g/mol. The normalized spacial score (nSPS) is 36.3. The topological polar surface area (TPSA) is 76.1 Å². The lowest BCUT2D eigenvalue weighted by Gasteiger charge is -2.10. The van der Waals surface area contributed by atoms with Crippen LogP contribution in [-0.2, 0) is 20.6 Å². The molecule has 1 aromatic rings. The summed E-state index contributed by atoms with van der Waals surface area (Å²) in [6.07, 6.45) is 6.79. The van der Waals surface area contributed by atoms with E-state index in [4.69, 9.17) is 0 Å². The SMILES string of the molecule is O=C(NS(=O)(=O)Cc1cccnc1)C1[C@@H]2[C@H]3CC[C@H](C3)[C@H]12. The van der Waals surface area contributed by atoms with Crippen molar-refractivity contribution in [1.82, 2.24) is 9.71 Å². The van der Waals surface area contributed by atoms with Crippen LogP contribution >= 0.6 is 0 Å². The van der Waals surface area contributed by atoms with E-state index in [0.29, 0.717) is 29.2 Å². The first-order valence-corrected chi connectivity index (χ1v) is 9.13. The molecule has 21 heavy (non-hydrogen) atoms. The predicted octanol–water partition coefficient (Wildman–Crippen LogP) is 1.32. The molecule has 1 heterocycles. The average Bonchev–Trinajstić information content (AvgIpc) is 2.88. The number of carbonyl (C=O) groups excluding carboxylic acids is 1. The molecule has 1 N–H and O–H groups in total. The van der Waals surface area contributed by atoms with Crippen LogP contribution in [0.4, 0.5) is 0 Å². The van der Waals surface area contributed by atoms with Crippen molar-refractivity contribution >= 4 is 15.9 Å². The van der Waals surface area contributed by atoms with Crippen LogP contribution in [0.3, 0.4) is 0 Å². The Labute approximate surface area is 124 Å². The van der Waals surface area contributed by atoms with Gasteiger partial charge in [-0.2, -0.15) is 0 Å². The van der Waals surface area contributed by atoms with Crippen molar-refractivity contribution in [3.63, 3.8) is 0 Å². The molecule has 0 aromatic carbocycles. The molecular weight excluding hydrogens is 288 g/mol. The number of pyridine rings is 1. The molecule has 1 aromatic heterocycles. The molecule has 0 radical (unpaired) electrons. The van der Waals surface area contributed by atoms with E-state index in [1.54, 1.807) is 18.3 Å². The van der Waals surface area contributed by atoms with Crippen LogP contribution in [0.2, 0.25) is 0 Å². The summed E-state index contributed by atoms with van der Waals surface area (Å²) < 4.78 is 26.4. The zero-order valence-electron chi connectivity index (χ0n) is 11.6. The Hall–Kier alpha value is -1.43. The molecule has 3 saturated carbocycles. The number of sulfonamides is 1. The molecule has 3 aliphatic carbocycles. The lowest BCUT2D eigenvalue weighted by Crippen LogP contribution is -2.34. The fourth-order valence-corrected chi connectivity index (χ4v) is 5.76. The predicted molar refractivity (Wildman–Crippen MR) is 76.3 cm³/mol. The molecule has 3 aliphatic rings. The Balaban J connectivity index is 1.41. The first-order chi connectivity index (χ1) is 10.1. The van der Waals surface area contributed by atoms with Gasteiger partial charge in [-0.15, -0.1) is 0 Å². The second kappa shape index (κ2) is 4.53. The molecule has 5 atom stereocenters. The summed E-state index contributed by atoms with van der Waals surface area (Å²) in [7, 11) is -3.62. The number of amides is 1. The van der Waals surface area contributed by atoms with E-state index in [2.05, 4.69) is 9.71 Å². The smallest absolute Gasteiger partial charge is 0.239 e. The minimum absolute atomic E-state index is 0.0556. The first kappa shape index (κ1) is 13.2. The van der Waals surface area contributed by atoms with E-state index in [0.717, 1.165) is 0 Å². The highest BCUT2D eigenvalue weighted by atomic mass is 32.2. The minimum Gasteiger partial charge on any atom is -0.274 e. The lowest BCUT2D eigenvalue weighted by atomic mass is 10.0. The van der Waals surface area contributed by atoms with E-state index >= 15 is 0 Å². The highest BCUT2D eigenvalue weighted by molar-refractivity contribution is 7.89. The highest BCUT2D eigenvalue weighted by Gasteiger charge is 2.67. The van der Waals surface area contributed by atoms with E-state index < -0.39 is 10.0 Å². The van der Waals surface area contributed by atoms with Crippen molar-refractivity contribution in [3.8, 4) is 0 Å². The largest absolute Gasteiger partial charge is 0.274 e. The van der Waals surface area contributed by atoms with Gasteiger partial charge in [0.05, 0.1) is 5.75 Å². The van der Waals surface area contributed by atoms with Crippen LogP contribution in [0, 0.1) is 29.6 Å². The molecule has 1 amide bonds. The minimum atomic E-state index is -3.62. The van der Waals surface area contributed by atoms with Gasteiger partial charge in [0.15, 0.2) is 0 Å². The van der Waals surface area contributed by atoms with E-state index in [1.165, 1.54) is 25.5 Å². The van der Waals surface area contributed by atoms with Gasteiger partial charge in [0.1, 0.15) is 0 Å². The number of nitrogens with one attached hydrogen (secondary N) is 1. The number of hydrogen-bond acceptors (Lipinski definition) is 4. The summed E-state index contributed by atoms with van der Waals surface area (Å²) in [6.45, 7) is 0. The fraction of sp³-hybridized carbons (Fsp3) is 0.600.